The van der Waals surface area contributed by atoms with Crippen LogP contribution >= 0.6 is 0 Å². The van der Waals surface area contributed by atoms with Crippen LogP contribution in [0.3, 0.4) is 0 Å². The zero-order chi connectivity index (χ0) is 14.9. The number of hydrogen-bond acceptors (Lipinski definition) is 3. The minimum absolute atomic E-state index is 0.393. The first-order chi connectivity index (χ1) is 9.40. The quantitative estimate of drug-likeness (QED) is 0.749. The van der Waals surface area contributed by atoms with Crippen molar-refractivity contribution in [1.82, 2.24) is 0 Å². The molecule has 0 spiro atoms. The molecular weight excluding hydrogens is 250 g/mol. The Balaban J connectivity index is 2.53. The van der Waals surface area contributed by atoms with E-state index < -0.39 is 5.91 Å². The fraction of sp³-hybridized carbons (Fsp3) is 0.188. The number of nitrogens with two attached hydrogens (primary N) is 2. The van der Waals surface area contributed by atoms with Gasteiger partial charge in [0.1, 0.15) is 0 Å². The third-order valence-electron chi connectivity index (χ3n) is 3.29. The number of anilines is 3. The molecule has 4 heteroatoms. The standard InChI is InChI=1S/C16H19N3O/c1-9-7-10(2)14(11(3)8-9)19-15-12(16(18)20)5-4-6-13(15)17/h4-8,19H,17H2,1-3H3,(H2,18,20). The number of carbonyl (C=O) groups is 1. The topological polar surface area (TPSA) is 81.1 Å². The van der Waals surface area contributed by atoms with Crippen molar-refractivity contribution in [3.63, 3.8) is 0 Å². The van der Waals surface area contributed by atoms with E-state index in [-0.39, 0.29) is 0 Å². The predicted molar refractivity (Wildman–Crippen MR) is 83.3 cm³/mol. The summed E-state index contributed by atoms with van der Waals surface area (Å²) in [6.45, 7) is 6.09. The Hall–Kier alpha value is -2.49. The van der Waals surface area contributed by atoms with Gasteiger partial charge in [-0.1, -0.05) is 23.8 Å². The molecule has 0 fully saturated rings. The van der Waals surface area contributed by atoms with E-state index in [1.54, 1.807) is 18.2 Å². The summed E-state index contributed by atoms with van der Waals surface area (Å²) in [5, 5.41) is 3.26. The molecule has 0 aliphatic heterocycles. The van der Waals surface area contributed by atoms with Gasteiger partial charge in [0.25, 0.3) is 5.91 Å². The lowest BCUT2D eigenvalue weighted by atomic mass is 10.0. The first-order valence-electron chi connectivity index (χ1n) is 6.43. The van der Waals surface area contributed by atoms with Crippen LogP contribution in [-0.2, 0) is 0 Å². The number of nitrogens with one attached hydrogen (secondary N) is 1. The molecule has 2 aromatic rings. The zero-order valence-electron chi connectivity index (χ0n) is 11.9. The summed E-state index contributed by atoms with van der Waals surface area (Å²) in [5.41, 5.74) is 17.2. The normalized spacial score (nSPS) is 10.3. The highest BCUT2D eigenvalue weighted by Gasteiger charge is 2.13. The molecule has 104 valence electrons. The summed E-state index contributed by atoms with van der Waals surface area (Å²) in [7, 11) is 0. The highest BCUT2D eigenvalue weighted by atomic mass is 16.1. The number of benzene rings is 2. The van der Waals surface area contributed by atoms with Gasteiger partial charge in [0.05, 0.1) is 16.9 Å². The number of primary amides is 1. The van der Waals surface area contributed by atoms with Crippen LogP contribution in [0.15, 0.2) is 30.3 Å². The van der Waals surface area contributed by atoms with Crippen molar-refractivity contribution in [3.8, 4) is 0 Å². The number of rotatable bonds is 3. The van der Waals surface area contributed by atoms with E-state index in [4.69, 9.17) is 11.5 Å². The van der Waals surface area contributed by atoms with Gasteiger partial charge < -0.3 is 16.8 Å². The van der Waals surface area contributed by atoms with Gasteiger partial charge in [-0.25, -0.2) is 0 Å². The van der Waals surface area contributed by atoms with E-state index in [2.05, 4.69) is 24.4 Å². The molecule has 0 radical (unpaired) electrons. The van der Waals surface area contributed by atoms with Crippen LogP contribution in [0, 0.1) is 20.8 Å². The average Bonchev–Trinajstić information content (AvgIpc) is 2.34. The minimum atomic E-state index is -0.498. The van der Waals surface area contributed by atoms with Crippen LogP contribution in [0.5, 0.6) is 0 Å². The van der Waals surface area contributed by atoms with Crippen LogP contribution in [0.25, 0.3) is 0 Å². The average molecular weight is 269 g/mol. The van der Waals surface area contributed by atoms with Gasteiger partial charge in [-0.3, -0.25) is 4.79 Å². The van der Waals surface area contributed by atoms with Crippen LogP contribution in [0.1, 0.15) is 27.0 Å². The maximum atomic E-state index is 11.5. The Labute approximate surface area is 118 Å². The Bertz CT molecular complexity index is 654. The lowest BCUT2D eigenvalue weighted by Gasteiger charge is -2.17. The van der Waals surface area contributed by atoms with Crippen LogP contribution in [0.2, 0.25) is 0 Å². The first-order valence-corrected chi connectivity index (χ1v) is 6.43. The van der Waals surface area contributed by atoms with Gasteiger partial charge >= 0.3 is 0 Å². The van der Waals surface area contributed by atoms with Gasteiger partial charge in [0, 0.05) is 5.69 Å². The summed E-state index contributed by atoms with van der Waals surface area (Å²) >= 11 is 0. The molecule has 0 unspecified atom stereocenters. The van der Waals surface area contributed by atoms with Crippen molar-refractivity contribution in [2.24, 2.45) is 5.73 Å². The zero-order valence-corrected chi connectivity index (χ0v) is 11.9. The number of aryl methyl sites for hydroxylation is 3. The van der Waals surface area contributed by atoms with Crippen LogP contribution < -0.4 is 16.8 Å². The Morgan fingerprint density at radius 2 is 1.65 bits per heavy atom. The van der Waals surface area contributed by atoms with Crippen LogP contribution in [0.4, 0.5) is 17.1 Å². The Kier molecular flexibility index (Phi) is 3.66. The Morgan fingerprint density at radius 1 is 1.05 bits per heavy atom. The summed E-state index contributed by atoms with van der Waals surface area (Å²) in [4.78, 5) is 11.5. The van der Waals surface area contributed by atoms with E-state index in [9.17, 15) is 4.79 Å². The van der Waals surface area contributed by atoms with E-state index >= 15 is 0 Å². The minimum Gasteiger partial charge on any atom is -0.397 e. The highest BCUT2D eigenvalue weighted by Crippen LogP contribution is 2.31. The smallest absolute Gasteiger partial charge is 0.250 e. The number of hydrogen-bond donors (Lipinski definition) is 3. The van der Waals surface area contributed by atoms with Crippen molar-refractivity contribution in [2.45, 2.75) is 20.8 Å². The summed E-state index contributed by atoms with van der Waals surface area (Å²) < 4.78 is 0. The van der Waals surface area contributed by atoms with Gasteiger partial charge in [-0.05, 0) is 44.0 Å². The third kappa shape index (κ3) is 2.59. The van der Waals surface area contributed by atoms with Crippen molar-refractivity contribution in [3.05, 3.63) is 52.6 Å². The molecule has 0 aliphatic rings. The fourth-order valence-electron chi connectivity index (χ4n) is 2.42. The van der Waals surface area contributed by atoms with E-state index in [1.165, 1.54) is 5.56 Å². The number of para-hydroxylation sites is 1. The van der Waals surface area contributed by atoms with Crippen LogP contribution in [-0.4, -0.2) is 5.91 Å². The van der Waals surface area contributed by atoms with E-state index in [1.807, 2.05) is 13.8 Å². The summed E-state index contributed by atoms with van der Waals surface area (Å²) in [5.74, 6) is -0.498. The summed E-state index contributed by atoms with van der Waals surface area (Å²) in [6.07, 6.45) is 0. The first kappa shape index (κ1) is 13.9. The molecule has 0 saturated heterocycles. The molecule has 0 heterocycles. The maximum absolute atomic E-state index is 11.5. The molecule has 0 saturated carbocycles. The van der Waals surface area contributed by atoms with E-state index in [0.29, 0.717) is 16.9 Å². The van der Waals surface area contributed by atoms with Crippen molar-refractivity contribution < 1.29 is 4.79 Å². The molecule has 20 heavy (non-hydrogen) atoms. The molecule has 4 nitrogen and oxygen atoms in total. The monoisotopic (exact) mass is 269 g/mol. The molecule has 0 aliphatic carbocycles. The molecule has 1 amide bonds. The van der Waals surface area contributed by atoms with Gasteiger partial charge in [0.15, 0.2) is 0 Å². The predicted octanol–water partition coefficient (Wildman–Crippen LogP) is 3.04. The second-order valence-corrected chi connectivity index (χ2v) is 5.03. The van der Waals surface area contributed by atoms with Crippen molar-refractivity contribution in [1.29, 1.82) is 0 Å². The molecule has 5 N–H and O–H groups in total. The van der Waals surface area contributed by atoms with Gasteiger partial charge in [-0.2, -0.15) is 0 Å². The molecule has 0 bridgehead atoms. The van der Waals surface area contributed by atoms with Crippen molar-refractivity contribution >= 4 is 23.0 Å². The van der Waals surface area contributed by atoms with Gasteiger partial charge in [-0.15, -0.1) is 0 Å². The molecule has 2 rings (SSSR count). The number of nitrogen functional groups attached to an aromatic ring is 1. The largest absolute Gasteiger partial charge is 0.397 e. The third-order valence-corrected chi connectivity index (χ3v) is 3.29. The number of amides is 1. The fourth-order valence-corrected chi connectivity index (χ4v) is 2.42. The second-order valence-electron chi connectivity index (χ2n) is 5.03. The molecule has 0 aromatic heterocycles. The highest BCUT2D eigenvalue weighted by molar-refractivity contribution is 6.02. The molecule has 0 atom stereocenters. The maximum Gasteiger partial charge on any atom is 0.250 e. The second kappa shape index (κ2) is 5.25. The SMILES string of the molecule is Cc1cc(C)c(Nc2c(N)cccc2C(N)=O)c(C)c1. The van der Waals surface area contributed by atoms with Gasteiger partial charge in [0.2, 0.25) is 0 Å². The number of carbonyl (C=O) groups excluding carboxylic acids is 1. The van der Waals surface area contributed by atoms with Crippen molar-refractivity contribution in [2.75, 3.05) is 11.1 Å². The summed E-state index contributed by atoms with van der Waals surface area (Å²) in [6, 6.07) is 9.29. The molecular formula is C16H19N3O. The molecule has 2 aromatic carbocycles. The van der Waals surface area contributed by atoms with E-state index in [0.717, 1.165) is 16.8 Å². The lowest BCUT2D eigenvalue weighted by Crippen LogP contribution is -2.14. The Morgan fingerprint density at radius 3 is 2.20 bits per heavy atom. The lowest BCUT2D eigenvalue weighted by molar-refractivity contribution is 0.100.